The van der Waals surface area contributed by atoms with Gasteiger partial charge in [-0.15, -0.1) is 0 Å². The Morgan fingerprint density at radius 1 is 1.24 bits per heavy atom. The molecule has 0 spiro atoms. The maximum atomic E-state index is 12.9. The molecule has 1 amide bonds. The van der Waals surface area contributed by atoms with Crippen LogP contribution in [-0.2, 0) is 9.53 Å². The van der Waals surface area contributed by atoms with E-state index in [0.717, 1.165) is 45.3 Å². The van der Waals surface area contributed by atoms with E-state index in [1.807, 2.05) is 0 Å². The second-order valence-electron chi connectivity index (χ2n) is 6.97. The molecule has 120 valence electrons. The zero-order valence-electron chi connectivity index (χ0n) is 13.4. The van der Waals surface area contributed by atoms with E-state index in [-0.39, 0.29) is 12.2 Å². The first kappa shape index (κ1) is 15.3. The summed E-state index contributed by atoms with van der Waals surface area (Å²) in [7, 11) is 0. The molecule has 0 aromatic carbocycles. The number of hydrogen-bond acceptors (Lipinski definition) is 3. The van der Waals surface area contributed by atoms with Crippen molar-refractivity contribution in [3.05, 3.63) is 0 Å². The summed E-state index contributed by atoms with van der Waals surface area (Å²) in [5.74, 6) is 0.998. The number of nitrogens with one attached hydrogen (secondary N) is 1. The minimum atomic E-state index is 0.0532. The van der Waals surface area contributed by atoms with Crippen LogP contribution in [0.25, 0.3) is 0 Å². The molecule has 2 saturated heterocycles. The highest BCUT2D eigenvalue weighted by Gasteiger charge is 2.45. The summed E-state index contributed by atoms with van der Waals surface area (Å²) in [5.41, 5.74) is 0. The standard InChI is InChI=1S/C17H30N2O2/c1-2-3-10-15-17(20)19(14-9-6-11-21-12-14)16(18-15)13-7-4-5-8-13/h13-16,18H,2-12H2,1H3. The molecule has 0 radical (unpaired) electrons. The Morgan fingerprint density at radius 2 is 2.05 bits per heavy atom. The van der Waals surface area contributed by atoms with Crippen molar-refractivity contribution in [3.63, 3.8) is 0 Å². The van der Waals surface area contributed by atoms with Crippen molar-refractivity contribution in [1.82, 2.24) is 10.2 Å². The van der Waals surface area contributed by atoms with Gasteiger partial charge in [0, 0.05) is 6.61 Å². The normalized spacial score (nSPS) is 34.8. The number of hydrogen-bond donors (Lipinski definition) is 1. The minimum Gasteiger partial charge on any atom is -0.379 e. The van der Waals surface area contributed by atoms with Crippen molar-refractivity contribution < 1.29 is 9.53 Å². The molecule has 0 aromatic rings. The van der Waals surface area contributed by atoms with Crippen molar-refractivity contribution in [2.45, 2.75) is 83.0 Å². The summed E-state index contributed by atoms with van der Waals surface area (Å²) in [5, 5.41) is 3.69. The molecule has 3 atom stereocenters. The number of ether oxygens (including phenoxy) is 1. The molecule has 1 aliphatic carbocycles. The third-order valence-electron chi connectivity index (χ3n) is 5.45. The average Bonchev–Trinajstić information content (AvgIpc) is 3.14. The van der Waals surface area contributed by atoms with Crippen molar-refractivity contribution in [3.8, 4) is 0 Å². The Morgan fingerprint density at radius 3 is 2.71 bits per heavy atom. The smallest absolute Gasteiger partial charge is 0.241 e. The number of amides is 1. The van der Waals surface area contributed by atoms with Crippen LogP contribution in [0.15, 0.2) is 0 Å². The molecular formula is C17H30N2O2. The van der Waals surface area contributed by atoms with Crippen LogP contribution in [0.4, 0.5) is 0 Å². The van der Waals surface area contributed by atoms with E-state index in [4.69, 9.17) is 4.74 Å². The lowest BCUT2D eigenvalue weighted by molar-refractivity contribution is -0.136. The van der Waals surface area contributed by atoms with Gasteiger partial charge in [-0.05, 0) is 38.0 Å². The van der Waals surface area contributed by atoms with Gasteiger partial charge in [0.25, 0.3) is 0 Å². The Bertz CT molecular complexity index is 349. The minimum absolute atomic E-state index is 0.0532. The summed E-state index contributed by atoms with van der Waals surface area (Å²) >= 11 is 0. The lowest BCUT2D eigenvalue weighted by atomic mass is 10.0. The monoisotopic (exact) mass is 294 g/mol. The van der Waals surface area contributed by atoms with Gasteiger partial charge in [-0.3, -0.25) is 10.1 Å². The number of carbonyl (C=O) groups excluding carboxylic acids is 1. The fourth-order valence-corrected chi connectivity index (χ4v) is 4.28. The van der Waals surface area contributed by atoms with Crippen LogP contribution in [0.1, 0.15) is 64.7 Å². The molecule has 2 heterocycles. The summed E-state index contributed by atoms with van der Waals surface area (Å²) < 4.78 is 5.65. The van der Waals surface area contributed by atoms with Crippen LogP contribution in [0.3, 0.4) is 0 Å². The summed E-state index contributed by atoms with van der Waals surface area (Å²) in [6.07, 6.45) is 10.9. The maximum Gasteiger partial charge on any atom is 0.241 e. The SMILES string of the molecule is CCCCC1NC(C2CCCC2)N(C2CCCOC2)C1=O. The van der Waals surface area contributed by atoms with Gasteiger partial charge < -0.3 is 9.64 Å². The highest BCUT2D eigenvalue weighted by Crippen LogP contribution is 2.34. The van der Waals surface area contributed by atoms with Crippen molar-refractivity contribution in [2.24, 2.45) is 5.92 Å². The predicted octanol–water partition coefficient (Wildman–Crippen LogP) is 2.67. The first-order valence-corrected chi connectivity index (χ1v) is 8.97. The van der Waals surface area contributed by atoms with Gasteiger partial charge in [-0.2, -0.15) is 0 Å². The number of rotatable bonds is 5. The molecule has 4 nitrogen and oxygen atoms in total. The van der Waals surface area contributed by atoms with Gasteiger partial charge in [-0.1, -0.05) is 32.6 Å². The van der Waals surface area contributed by atoms with E-state index in [1.165, 1.54) is 25.7 Å². The lowest BCUT2D eigenvalue weighted by Crippen LogP contribution is -2.50. The zero-order valence-corrected chi connectivity index (χ0v) is 13.4. The second-order valence-corrected chi connectivity index (χ2v) is 6.97. The zero-order chi connectivity index (χ0) is 14.7. The quantitative estimate of drug-likeness (QED) is 0.847. The van der Waals surface area contributed by atoms with Crippen molar-refractivity contribution in [1.29, 1.82) is 0 Å². The van der Waals surface area contributed by atoms with Crippen LogP contribution >= 0.6 is 0 Å². The van der Waals surface area contributed by atoms with Crippen LogP contribution in [0, 0.1) is 5.92 Å². The molecule has 0 aromatic heterocycles. The predicted molar refractivity (Wildman–Crippen MR) is 82.9 cm³/mol. The van der Waals surface area contributed by atoms with Gasteiger partial charge in [0.05, 0.1) is 24.9 Å². The molecular weight excluding hydrogens is 264 g/mol. The topological polar surface area (TPSA) is 41.6 Å². The van der Waals surface area contributed by atoms with Crippen LogP contribution in [0.2, 0.25) is 0 Å². The summed E-state index contributed by atoms with van der Waals surface area (Å²) in [6, 6.07) is 0.355. The van der Waals surface area contributed by atoms with Crippen LogP contribution in [-0.4, -0.2) is 42.3 Å². The average molecular weight is 294 g/mol. The number of nitrogens with zero attached hydrogens (tertiary/aromatic N) is 1. The Labute approximate surface area is 128 Å². The van der Waals surface area contributed by atoms with Gasteiger partial charge in [-0.25, -0.2) is 0 Å². The van der Waals surface area contributed by atoms with Crippen molar-refractivity contribution in [2.75, 3.05) is 13.2 Å². The molecule has 21 heavy (non-hydrogen) atoms. The van der Waals surface area contributed by atoms with E-state index >= 15 is 0 Å². The molecule has 3 rings (SSSR count). The Hall–Kier alpha value is -0.610. The number of carbonyl (C=O) groups is 1. The molecule has 4 heteroatoms. The molecule has 2 aliphatic heterocycles. The molecule has 1 saturated carbocycles. The first-order chi connectivity index (χ1) is 10.3. The fourth-order valence-electron chi connectivity index (χ4n) is 4.28. The van der Waals surface area contributed by atoms with Gasteiger partial charge in [0.2, 0.25) is 5.91 Å². The van der Waals surface area contributed by atoms with Gasteiger partial charge in [0.1, 0.15) is 0 Å². The third kappa shape index (κ3) is 3.26. The third-order valence-corrected chi connectivity index (χ3v) is 5.45. The summed E-state index contributed by atoms with van der Waals surface area (Å²) in [4.78, 5) is 15.1. The van der Waals surface area contributed by atoms with E-state index in [0.29, 0.717) is 17.9 Å². The van der Waals surface area contributed by atoms with E-state index in [2.05, 4.69) is 17.1 Å². The first-order valence-electron chi connectivity index (χ1n) is 8.97. The molecule has 1 N–H and O–H groups in total. The molecule has 3 unspecified atom stereocenters. The van der Waals surface area contributed by atoms with Gasteiger partial charge in [0.15, 0.2) is 0 Å². The fraction of sp³-hybridized carbons (Fsp3) is 0.941. The highest BCUT2D eigenvalue weighted by atomic mass is 16.5. The van der Waals surface area contributed by atoms with E-state index < -0.39 is 0 Å². The maximum absolute atomic E-state index is 12.9. The van der Waals surface area contributed by atoms with Gasteiger partial charge >= 0.3 is 0 Å². The molecule has 3 aliphatic rings. The van der Waals surface area contributed by atoms with Crippen LogP contribution in [0.5, 0.6) is 0 Å². The Balaban J connectivity index is 1.72. The molecule has 3 fully saturated rings. The molecule has 0 bridgehead atoms. The second kappa shape index (κ2) is 7.10. The Kier molecular flexibility index (Phi) is 5.17. The van der Waals surface area contributed by atoms with Crippen molar-refractivity contribution >= 4 is 5.91 Å². The van der Waals surface area contributed by atoms with E-state index in [9.17, 15) is 4.79 Å². The van der Waals surface area contributed by atoms with Crippen LogP contribution < -0.4 is 5.32 Å². The van der Waals surface area contributed by atoms with E-state index in [1.54, 1.807) is 0 Å². The largest absolute Gasteiger partial charge is 0.379 e. The summed E-state index contributed by atoms with van der Waals surface area (Å²) in [6.45, 7) is 3.79. The lowest BCUT2D eigenvalue weighted by Gasteiger charge is -2.37. The number of unbranched alkanes of at least 4 members (excludes halogenated alkanes) is 1. The highest BCUT2D eigenvalue weighted by molar-refractivity contribution is 5.84.